The number of rotatable bonds is 5. The van der Waals surface area contributed by atoms with E-state index in [-0.39, 0.29) is 6.54 Å². The first-order valence-corrected chi connectivity index (χ1v) is 10.7. The van der Waals surface area contributed by atoms with Crippen LogP contribution in [0.5, 0.6) is 0 Å². The van der Waals surface area contributed by atoms with Crippen molar-refractivity contribution in [1.29, 1.82) is 0 Å². The Kier molecular flexibility index (Phi) is 4.98. The van der Waals surface area contributed by atoms with Gasteiger partial charge in [0.2, 0.25) is 5.91 Å². The minimum absolute atomic E-state index is 0.358. The smallest absolute Gasteiger partial charge is 0.325 e. The molecule has 0 aromatic heterocycles. The van der Waals surface area contributed by atoms with E-state index in [9.17, 15) is 14.4 Å². The monoisotopic (exact) mass is 425 g/mol. The van der Waals surface area contributed by atoms with E-state index in [1.54, 1.807) is 24.3 Å². The number of urea groups is 1. The third-order valence-electron chi connectivity index (χ3n) is 6.20. The Morgan fingerprint density at radius 3 is 2.16 bits per heavy atom. The van der Waals surface area contributed by atoms with Crippen LogP contribution in [0.4, 0.5) is 10.5 Å². The minimum Gasteiger partial charge on any atom is -0.325 e. The van der Waals surface area contributed by atoms with Gasteiger partial charge < -0.3 is 10.6 Å². The average molecular weight is 425 g/mol. The fourth-order valence-electron chi connectivity index (χ4n) is 4.65. The van der Waals surface area contributed by atoms with Gasteiger partial charge in [0.05, 0.1) is 0 Å². The summed E-state index contributed by atoms with van der Waals surface area (Å²) in [5.41, 5.74) is 3.16. The second kappa shape index (κ2) is 7.96. The molecule has 3 aromatic carbocycles. The predicted molar refractivity (Wildman–Crippen MR) is 121 cm³/mol. The average Bonchev–Trinajstić information content (AvgIpc) is 3.38. The molecule has 5 rings (SSSR count). The van der Waals surface area contributed by atoms with Crippen LogP contribution in [0, 0.1) is 0 Å². The molecule has 1 aliphatic carbocycles. The molecule has 0 radical (unpaired) electrons. The lowest BCUT2D eigenvalue weighted by atomic mass is 9.82. The van der Waals surface area contributed by atoms with E-state index in [0.29, 0.717) is 16.8 Å². The molecule has 6 heteroatoms. The van der Waals surface area contributed by atoms with E-state index >= 15 is 0 Å². The number of fused-ring (bicyclic) bond motifs is 1. The number of benzene rings is 3. The molecule has 160 valence electrons. The number of amides is 4. The second-order valence-electron chi connectivity index (χ2n) is 8.19. The van der Waals surface area contributed by atoms with Crippen molar-refractivity contribution in [2.75, 3.05) is 11.9 Å². The Morgan fingerprint density at radius 2 is 1.50 bits per heavy atom. The third kappa shape index (κ3) is 3.34. The van der Waals surface area contributed by atoms with Gasteiger partial charge in [0, 0.05) is 5.69 Å². The van der Waals surface area contributed by atoms with Crippen LogP contribution in [0.25, 0.3) is 0 Å². The molecule has 1 saturated heterocycles. The van der Waals surface area contributed by atoms with Crippen LogP contribution < -0.4 is 10.6 Å². The molecule has 1 heterocycles. The highest BCUT2D eigenvalue weighted by Gasteiger charge is 2.54. The SMILES string of the molecule is O=C(CN1C(=O)NC(c2ccccc2)(c2ccccc2)C1=O)Nc1ccc2c(c1)CCC2. The van der Waals surface area contributed by atoms with E-state index in [1.165, 1.54) is 11.1 Å². The number of aryl methyl sites for hydroxylation is 2. The van der Waals surface area contributed by atoms with E-state index < -0.39 is 23.4 Å². The zero-order valence-corrected chi connectivity index (χ0v) is 17.5. The number of imide groups is 1. The van der Waals surface area contributed by atoms with E-state index in [2.05, 4.69) is 10.6 Å². The third-order valence-corrected chi connectivity index (χ3v) is 6.20. The normalized spacial score (nSPS) is 16.6. The van der Waals surface area contributed by atoms with Crippen molar-refractivity contribution >= 4 is 23.5 Å². The first-order valence-electron chi connectivity index (χ1n) is 10.7. The highest BCUT2D eigenvalue weighted by molar-refractivity contribution is 6.12. The van der Waals surface area contributed by atoms with Crippen LogP contribution in [0.15, 0.2) is 78.9 Å². The summed E-state index contributed by atoms with van der Waals surface area (Å²) in [6.45, 7) is -0.358. The maximum Gasteiger partial charge on any atom is 0.326 e. The Morgan fingerprint density at radius 1 is 0.875 bits per heavy atom. The Labute approximate surface area is 186 Å². The van der Waals surface area contributed by atoms with Gasteiger partial charge in [-0.25, -0.2) is 4.79 Å². The quantitative estimate of drug-likeness (QED) is 0.613. The lowest BCUT2D eigenvalue weighted by Gasteiger charge is -2.28. The standard InChI is InChI=1S/C26H23N3O3/c30-23(27-22-15-14-18-8-7-9-19(18)16-22)17-29-24(31)26(28-25(29)32,20-10-3-1-4-11-20)21-12-5-2-6-13-21/h1-6,10-16H,7-9,17H2,(H,27,30)(H,28,32). The molecule has 0 spiro atoms. The number of nitrogens with one attached hydrogen (secondary N) is 2. The van der Waals surface area contributed by atoms with Crippen molar-refractivity contribution in [2.24, 2.45) is 0 Å². The van der Waals surface area contributed by atoms with Crippen LogP contribution in [-0.4, -0.2) is 29.3 Å². The highest BCUT2D eigenvalue weighted by Crippen LogP contribution is 2.36. The molecule has 4 amide bonds. The van der Waals surface area contributed by atoms with Crippen molar-refractivity contribution < 1.29 is 14.4 Å². The summed E-state index contributed by atoms with van der Waals surface area (Å²) in [4.78, 5) is 40.3. The number of nitrogens with zero attached hydrogens (tertiary/aromatic N) is 1. The number of carbonyl (C=O) groups excluding carboxylic acids is 3. The summed E-state index contributed by atoms with van der Waals surface area (Å²) in [7, 11) is 0. The van der Waals surface area contributed by atoms with Gasteiger partial charge in [0.25, 0.3) is 5.91 Å². The molecule has 3 aromatic rings. The number of anilines is 1. The van der Waals surface area contributed by atoms with Crippen LogP contribution in [0.2, 0.25) is 0 Å². The van der Waals surface area contributed by atoms with Crippen LogP contribution in [-0.2, 0) is 28.0 Å². The molecule has 0 saturated carbocycles. The van der Waals surface area contributed by atoms with Gasteiger partial charge in [0.1, 0.15) is 6.54 Å². The summed E-state index contributed by atoms with van der Waals surface area (Å²) >= 11 is 0. The Balaban J connectivity index is 1.41. The summed E-state index contributed by atoms with van der Waals surface area (Å²) in [5, 5.41) is 5.69. The van der Waals surface area contributed by atoms with Gasteiger partial charge in [0.15, 0.2) is 5.54 Å². The van der Waals surface area contributed by atoms with Crippen molar-refractivity contribution in [3.8, 4) is 0 Å². The minimum atomic E-state index is -1.37. The first-order chi connectivity index (χ1) is 15.6. The zero-order valence-electron chi connectivity index (χ0n) is 17.5. The molecular formula is C26H23N3O3. The van der Waals surface area contributed by atoms with Crippen molar-refractivity contribution in [3.63, 3.8) is 0 Å². The van der Waals surface area contributed by atoms with Crippen molar-refractivity contribution in [2.45, 2.75) is 24.8 Å². The van der Waals surface area contributed by atoms with Crippen LogP contribution >= 0.6 is 0 Å². The highest BCUT2D eigenvalue weighted by atomic mass is 16.2. The van der Waals surface area contributed by atoms with Gasteiger partial charge in [-0.1, -0.05) is 66.7 Å². The fraction of sp³-hybridized carbons (Fsp3) is 0.192. The van der Waals surface area contributed by atoms with Crippen molar-refractivity contribution in [3.05, 3.63) is 101 Å². The summed E-state index contributed by atoms with van der Waals surface area (Å²) < 4.78 is 0. The van der Waals surface area contributed by atoms with E-state index in [1.807, 2.05) is 54.6 Å². The lowest BCUT2D eigenvalue weighted by molar-refractivity contribution is -0.133. The molecule has 6 nitrogen and oxygen atoms in total. The fourth-order valence-corrected chi connectivity index (χ4v) is 4.65. The Hall–Kier alpha value is -3.93. The molecule has 0 bridgehead atoms. The second-order valence-corrected chi connectivity index (χ2v) is 8.19. The van der Waals surface area contributed by atoms with Gasteiger partial charge in [-0.05, 0) is 53.6 Å². The lowest BCUT2D eigenvalue weighted by Crippen LogP contribution is -2.45. The first kappa shape index (κ1) is 20.0. The largest absolute Gasteiger partial charge is 0.326 e. The van der Waals surface area contributed by atoms with Crippen LogP contribution in [0.3, 0.4) is 0 Å². The molecule has 1 fully saturated rings. The number of hydrogen-bond acceptors (Lipinski definition) is 3. The molecule has 0 atom stereocenters. The van der Waals surface area contributed by atoms with E-state index in [0.717, 1.165) is 24.2 Å². The molecule has 2 aliphatic rings. The van der Waals surface area contributed by atoms with Gasteiger partial charge in [-0.2, -0.15) is 0 Å². The summed E-state index contributed by atoms with van der Waals surface area (Å²) in [5.74, 6) is -0.882. The van der Waals surface area contributed by atoms with Crippen LogP contribution in [0.1, 0.15) is 28.7 Å². The van der Waals surface area contributed by atoms with Gasteiger partial charge >= 0.3 is 6.03 Å². The topological polar surface area (TPSA) is 78.5 Å². The molecule has 2 N–H and O–H groups in total. The predicted octanol–water partition coefficient (Wildman–Crippen LogP) is 3.61. The molecule has 1 aliphatic heterocycles. The van der Waals surface area contributed by atoms with Gasteiger partial charge in [-0.15, -0.1) is 0 Å². The molecule has 32 heavy (non-hydrogen) atoms. The maximum atomic E-state index is 13.6. The number of hydrogen-bond donors (Lipinski definition) is 2. The maximum absolute atomic E-state index is 13.6. The van der Waals surface area contributed by atoms with Crippen molar-refractivity contribution in [1.82, 2.24) is 10.2 Å². The summed E-state index contributed by atoms with van der Waals surface area (Å²) in [6, 6.07) is 23.5. The summed E-state index contributed by atoms with van der Waals surface area (Å²) in [6.07, 6.45) is 3.19. The zero-order chi connectivity index (χ0) is 22.1. The van der Waals surface area contributed by atoms with E-state index in [4.69, 9.17) is 0 Å². The molecular weight excluding hydrogens is 402 g/mol. The Bertz CT molecular complexity index is 1150. The molecule has 0 unspecified atom stereocenters. The number of carbonyl (C=O) groups is 3. The van der Waals surface area contributed by atoms with Gasteiger partial charge in [-0.3, -0.25) is 14.5 Å².